The Morgan fingerprint density at radius 1 is 1.56 bits per heavy atom. The van der Waals surface area contributed by atoms with Crippen LogP contribution in [-0.4, -0.2) is 6.04 Å². The predicted molar refractivity (Wildman–Crippen MR) is 40.1 cm³/mol. The third-order valence-electron chi connectivity index (χ3n) is 1.75. The van der Waals surface area contributed by atoms with Gasteiger partial charge in [-0.25, -0.2) is 0 Å². The van der Waals surface area contributed by atoms with Gasteiger partial charge in [-0.1, -0.05) is 19.9 Å². The van der Waals surface area contributed by atoms with Crippen molar-refractivity contribution in [3.63, 3.8) is 0 Å². The van der Waals surface area contributed by atoms with Crippen LogP contribution in [-0.2, 0) is 0 Å². The lowest BCUT2D eigenvalue weighted by Crippen LogP contribution is -2.31. The minimum Gasteiger partial charge on any atom is -0.389 e. The molecule has 1 atom stereocenters. The first-order valence-electron chi connectivity index (χ1n) is 3.54. The summed E-state index contributed by atoms with van der Waals surface area (Å²) in [5, 5.41) is 3.26. The normalized spacial score (nSPS) is 31.7. The maximum Gasteiger partial charge on any atom is 0.0235 e. The third kappa shape index (κ3) is 1.74. The number of rotatable bonds is 0. The molecule has 1 N–H and O–H groups in total. The highest BCUT2D eigenvalue weighted by molar-refractivity contribution is 5.00. The topological polar surface area (TPSA) is 12.0 Å². The Balaban J connectivity index is 2.60. The molecule has 1 unspecified atom stereocenters. The van der Waals surface area contributed by atoms with Gasteiger partial charge in [0.05, 0.1) is 0 Å². The minimum atomic E-state index is 0.407. The monoisotopic (exact) mass is 125 g/mol. The molecule has 0 saturated heterocycles. The summed E-state index contributed by atoms with van der Waals surface area (Å²) in [6.07, 6.45) is 5.53. The Hall–Kier alpha value is -0.460. The molecular formula is C8H15N. The highest BCUT2D eigenvalue weighted by atomic mass is 14.9. The zero-order chi connectivity index (χ0) is 6.91. The van der Waals surface area contributed by atoms with Crippen LogP contribution in [0.4, 0.5) is 0 Å². The molecule has 0 spiro atoms. The summed E-state index contributed by atoms with van der Waals surface area (Å²) >= 11 is 0. The van der Waals surface area contributed by atoms with E-state index in [2.05, 4.69) is 38.4 Å². The molecule has 0 saturated carbocycles. The Bertz CT molecular complexity index is 125. The van der Waals surface area contributed by atoms with Gasteiger partial charge in [0.2, 0.25) is 0 Å². The molecule has 0 aromatic rings. The Kier molecular flexibility index (Phi) is 1.52. The van der Waals surface area contributed by atoms with Crippen LogP contribution in [0, 0.1) is 5.41 Å². The van der Waals surface area contributed by atoms with Crippen molar-refractivity contribution in [2.75, 3.05) is 0 Å². The van der Waals surface area contributed by atoms with E-state index in [0.29, 0.717) is 11.5 Å². The Morgan fingerprint density at radius 2 is 2.22 bits per heavy atom. The van der Waals surface area contributed by atoms with Gasteiger partial charge in [-0.2, -0.15) is 0 Å². The van der Waals surface area contributed by atoms with E-state index in [4.69, 9.17) is 0 Å². The molecule has 0 aromatic carbocycles. The summed E-state index contributed by atoms with van der Waals surface area (Å²) in [4.78, 5) is 0. The Morgan fingerprint density at radius 3 is 2.56 bits per heavy atom. The zero-order valence-electron chi connectivity index (χ0n) is 6.44. The number of allylic oxidation sites excluding steroid dienone is 1. The maximum atomic E-state index is 3.26. The maximum absolute atomic E-state index is 3.26. The van der Waals surface area contributed by atoms with Gasteiger partial charge in [-0.3, -0.25) is 0 Å². The van der Waals surface area contributed by atoms with Crippen LogP contribution >= 0.6 is 0 Å². The van der Waals surface area contributed by atoms with E-state index >= 15 is 0 Å². The van der Waals surface area contributed by atoms with E-state index in [1.54, 1.807) is 0 Å². The van der Waals surface area contributed by atoms with Crippen molar-refractivity contribution < 1.29 is 0 Å². The average Bonchev–Trinajstić information content (AvgIpc) is 1.60. The third-order valence-corrected chi connectivity index (χ3v) is 1.75. The van der Waals surface area contributed by atoms with E-state index < -0.39 is 0 Å². The van der Waals surface area contributed by atoms with Crippen molar-refractivity contribution in [3.05, 3.63) is 12.3 Å². The van der Waals surface area contributed by atoms with E-state index in [-0.39, 0.29) is 0 Å². The number of hydrogen-bond acceptors (Lipinski definition) is 1. The van der Waals surface area contributed by atoms with Crippen LogP contribution in [0.25, 0.3) is 0 Å². The SMILES string of the molecule is CC1CC(C)(C)C=CN1. The van der Waals surface area contributed by atoms with Gasteiger partial charge in [-0.05, 0) is 25.0 Å². The molecule has 1 heteroatoms. The zero-order valence-corrected chi connectivity index (χ0v) is 6.44. The van der Waals surface area contributed by atoms with Gasteiger partial charge in [0.1, 0.15) is 0 Å². The van der Waals surface area contributed by atoms with E-state index in [9.17, 15) is 0 Å². The van der Waals surface area contributed by atoms with Gasteiger partial charge in [0, 0.05) is 6.04 Å². The smallest absolute Gasteiger partial charge is 0.0235 e. The quantitative estimate of drug-likeness (QED) is 0.521. The number of nitrogens with one attached hydrogen (secondary N) is 1. The number of hydrogen-bond donors (Lipinski definition) is 1. The summed E-state index contributed by atoms with van der Waals surface area (Å²) < 4.78 is 0. The van der Waals surface area contributed by atoms with Gasteiger partial charge < -0.3 is 5.32 Å². The average molecular weight is 125 g/mol. The molecule has 1 aliphatic rings. The van der Waals surface area contributed by atoms with Crippen LogP contribution in [0.5, 0.6) is 0 Å². The molecule has 1 rings (SSSR count). The second kappa shape index (κ2) is 2.05. The van der Waals surface area contributed by atoms with Crippen molar-refractivity contribution in [2.24, 2.45) is 5.41 Å². The fourth-order valence-electron chi connectivity index (χ4n) is 1.35. The molecule has 1 nitrogen and oxygen atoms in total. The lowest BCUT2D eigenvalue weighted by atomic mass is 9.84. The van der Waals surface area contributed by atoms with Crippen LogP contribution in [0.1, 0.15) is 27.2 Å². The highest BCUT2D eigenvalue weighted by Gasteiger charge is 2.19. The van der Waals surface area contributed by atoms with E-state index in [1.807, 2.05) is 0 Å². The van der Waals surface area contributed by atoms with E-state index in [1.165, 1.54) is 6.42 Å². The molecular weight excluding hydrogens is 110 g/mol. The van der Waals surface area contributed by atoms with Gasteiger partial charge in [-0.15, -0.1) is 0 Å². The van der Waals surface area contributed by atoms with Crippen LogP contribution in [0.15, 0.2) is 12.3 Å². The first kappa shape index (κ1) is 6.66. The van der Waals surface area contributed by atoms with Gasteiger partial charge in [0.15, 0.2) is 0 Å². The molecule has 0 amide bonds. The van der Waals surface area contributed by atoms with Crippen LogP contribution < -0.4 is 5.32 Å². The summed E-state index contributed by atoms with van der Waals surface area (Å²) in [5.41, 5.74) is 0.407. The molecule has 0 fully saturated rings. The molecule has 0 bridgehead atoms. The molecule has 0 aromatic heterocycles. The van der Waals surface area contributed by atoms with Crippen LogP contribution in [0.3, 0.4) is 0 Å². The van der Waals surface area contributed by atoms with Crippen molar-refractivity contribution in [2.45, 2.75) is 33.2 Å². The standard InChI is InChI=1S/C8H15N/c1-7-6-8(2,3)4-5-9-7/h4-5,7,9H,6H2,1-3H3. The lowest BCUT2D eigenvalue weighted by Gasteiger charge is -2.29. The van der Waals surface area contributed by atoms with Crippen molar-refractivity contribution in [1.29, 1.82) is 0 Å². The summed E-state index contributed by atoms with van der Waals surface area (Å²) in [7, 11) is 0. The summed E-state index contributed by atoms with van der Waals surface area (Å²) in [5.74, 6) is 0. The first-order valence-corrected chi connectivity index (χ1v) is 3.54. The lowest BCUT2D eigenvalue weighted by molar-refractivity contribution is 0.356. The fourth-order valence-corrected chi connectivity index (χ4v) is 1.35. The summed E-state index contributed by atoms with van der Waals surface area (Å²) in [6, 6.07) is 0.644. The molecule has 1 heterocycles. The first-order chi connectivity index (χ1) is 4.10. The molecule has 0 radical (unpaired) electrons. The molecule has 52 valence electrons. The minimum absolute atomic E-state index is 0.407. The highest BCUT2D eigenvalue weighted by Crippen LogP contribution is 2.26. The molecule has 1 aliphatic heterocycles. The second-order valence-corrected chi connectivity index (χ2v) is 3.59. The predicted octanol–water partition coefficient (Wildman–Crippen LogP) is 1.91. The van der Waals surface area contributed by atoms with E-state index in [0.717, 1.165) is 0 Å². The Labute approximate surface area is 57.1 Å². The van der Waals surface area contributed by atoms with Crippen molar-refractivity contribution in [1.82, 2.24) is 5.32 Å². The largest absolute Gasteiger partial charge is 0.389 e. The summed E-state index contributed by atoms with van der Waals surface area (Å²) in [6.45, 7) is 6.74. The van der Waals surface area contributed by atoms with Gasteiger partial charge in [0.25, 0.3) is 0 Å². The molecule has 9 heavy (non-hydrogen) atoms. The van der Waals surface area contributed by atoms with Crippen molar-refractivity contribution >= 4 is 0 Å². The van der Waals surface area contributed by atoms with Crippen molar-refractivity contribution in [3.8, 4) is 0 Å². The van der Waals surface area contributed by atoms with Crippen LogP contribution in [0.2, 0.25) is 0 Å². The van der Waals surface area contributed by atoms with Gasteiger partial charge >= 0.3 is 0 Å². The molecule has 0 aliphatic carbocycles. The second-order valence-electron chi connectivity index (χ2n) is 3.59. The fraction of sp³-hybridized carbons (Fsp3) is 0.750.